The lowest BCUT2D eigenvalue weighted by Crippen LogP contribution is -2.45. The van der Waals surface area contributed by atoms with Crippen molar-refractivity contribution >= 4 is 6.03 Å². The van der Waals surface area contributed by atoms with E-state index in [2.05, 4.69) is 15.5 Å². The Morgan fingerprint density at radius 2 is 1.69 bits per heavy atom. The average molecular weight is 355 g/mol. The first-order valence-corrected chi connectivity index (χ1v) is 8.90. The van der Waals surface area contributed by atoms with Crippen molar-refractivity contribution in [1.82, 2.24) is 15.5 Å². The number of phenols is 1. The molecule has 26 heavy (non-hydrogen) atoms. The Hall–Kier alpha value is -2.53. The monoisotopic (exact) mass is 355 g/mol. The van der Waals surface area contributed by atoms with Crippen LogP contribution in [0.3, 0.4) is 0 Å². The minimum Gasteiger partial charge on any atom is -0.508 e. The van der Waals surface area contributed by atoms with Gasteiger partial charge >= 0.3 is 6.03 Å². The molecular weight excluding hydrogens is 326 g/mol. The van der Waals surface area contributed by atoms with Gasteiger partial charge in [0.15, 0.2) is 0 Å². The van der Waals surface area contributed by atoms with E-state index in [0.717, 1.165) is 17.5 Å². The van der Waals surface area contributed by atoms with Gasteiger partial charge in [-0.15, -0.1) is 0 Å². The number of aromatic hydroxyl groups is 1. The van der Waals surface area contributed by atoms with Crippen LogP contribution >= 0.6 is 0 Å². The van der Waals surface area contributed by atoms with E-state index < -0.39 is 0 Å². The third kappa shape index (κ3) is 6.08. The van der Waals surface area contributed by atoms with Gasteiger partial charge in [0.2, 0.25) is 0 Å². The Morgan fingerprint density at radius 1 is 1.08 bits per heavy atom. The summed E-state index contributed by atoms with van der Waals surface area (Å²) < 4.78 is 0. The number of hydrogen-bond donors (Lipinski definition) is 3. The molecule has 140 valence electrons. The largest absolute Gasteiger partial charge is 0.508 e. The molecule has 0 fully saturated rings. The van der Waals surface area contributed by atoms with Crippen molar-refractivity contribution in [2.24, 2.45) is 0 Å². The van der Waals surface area contributed by atoms with E-state index in [-0.39, 0.29) is 23.9 Å². The summed E-state index contributed by atoms with van der Waals surface area (Å²) >= 11 is 0. The van der Waals surface area contributed by atoms with E-state index in [1.54, 1.807) is 12.1 Å². The molecule has 0 saturated carbocycles. The van der Waals surface area contributed by atoms with E-state index in [0.29, 0.717) is 6.54 Å². The fourth-order valence-electron chi connectivity index (χ4n) is 2.74. The van der Waals surface area contributed by atoms with E-state index in [9.17, 15) is 9.90 Å². The number of hydrogen-bond acceptors (Lipinski definition) is 3. The number of rotatable bonds is 7. The third-order valence-electron chi connectivity index (χ3n) is 4.56. The molecule has 5 heteroatoms. The number of carbonyl (C=O) groups is 1. The normalized spacial score (nSPS) is 13.3. The molecule has 2 atom stereocenters. The van der Waals surface area contributed by atoms with Crippen molar-refractivity contribution in [3.8, 4) is 5.75 Å². The molecule has 0 aliphatic rings. The number of urea groups is 1. The predicted molar refractivity (Wildman–Crippen MR) is 105 cm³/mol. The number of aryl methyl sites for hydroxylation is 1. The van der Waals surface area contributed by atoms with Crippen molar-refractivity contribution in [1.29, 1.82) is 0 Å². The SMILES string of the molecule is Cc1ccc([C@H](C)NC(=O)NC[C@H](Cc2ccc(O)cc2)N(C)C)cc1. The van der Waals surface area contributed by atoms with Crippen LogP contribution in [-0.2, 0) is 6.42 Å². The Bertz CT molecular complexity index is 696. The highest BCUT2D eigenvalue weighted by molar-refractivity contribution is 5.74. The zero-order valence-electron chi connectivity index (χ0n) is 16.0. The van der Waals surface area contributed by atoms with Crippen LogP contribution < -0.4 is 10.6 Å². The molecule has 2 rings (SSSR count). The second kappa shape index (κ2) is 9.25. The Labute approximate surface area is 156 Å². The van der Waals surface area contributed by atoms with Crippen LogP contribution in [-0.4, -0.2) is 42.7 Å². The summed E-state index contributed by atoms with van der Waals surface area (Å²) in [7, 11) is 4.00. The summed E-state index contributed by atoms with van der Waals surface area (Å²) in [5, 5.41) is 15.3. The fourth-order valence-corrected chi connectivity index (χ4v) is 2.74. The van der Waals surface area contributed by atoms with Crippen molar-refractivity contribution < 1.29 is 9.90 Å². The summed E-state index contributed by atoms with van der Waals surface area (Å²) in [6, 6.07) is 15.3. The summed E-state index contributed by atoms with van der Waals surface area (Å²) in [6.07, 6.45) is 0.793. The number of amides is 2. The quantitative estimate of drug-likeness (QED) is 0.714. The Kier molecular flexibility index (Phi) is 7.04. The fraction of sp³-hybridized carbons (Fsp3) is 0.381. The Morgan fingerprint density at radius 3 is 2.27 bits per heavy atom. The molecule has 0 saturated heterocycles. The van der Waals surface area contributed by atoms with Gasteiger partial charge < -0.3 is 20.6 Å². The van der Waals surface area contributed by atoms with E-state index in [4.69, 9.17) is 0 Å². The summed E-state index contributed by atoms with van der Waals surface area (Å²) in [5.41, 5.74) is 3.41. The zero-order valence-corrected chi connectivity index (χ0v) is 16.0. The van der Waals surface area contributed by atoms with Gasteiger partial charge in [-0.05, 0) is 57.6 Å². The molecule has 5 nitrogen and oxygen atoms in total. The van der Waals surface area contributed by atoms with Crippen LogP contribution in [0, 0.1) is 6.92 Å². The first-order valence-electron chi connectivity index (χ1n) is 8.90. The third-order valence-corrected chi connectivity index (χ3v) is 4.56. The summed E-state index contributed by atoms with van der Waals surface area (Å²) in [4.78, 5) is 14.3. The highest BCUT2D eigenvalue weighted by atomic mass is 16.3. The van der Waals surface area contributed by atoms with E-state index in [1.165, 1.54) is 5.56 Å². The van der Waals surface area contributed by atoms with Gasteiger partial charge in [0, 0.05) is 12.6 Å². The molecular formula is C21H29N3O2. The lowest BCUT2D eigenvalue weighted by atomic mass is 10.0. The predicted octanol–water partition coefficient (Wildman–Crippen LogP) is 3.23. The van der Waals surface area contributed by atoms with Gasteiger partial charge in [0.1, 0.15) is 5.75 Å². The molecule has 0 unspecified atom stereocenters. The van der Waals surface area contributed by atoms with Crippen LogP contribution in [0.4, 0.5) is 4.79 Å². The Balaban J connectivity index is 1.86. The van der Waals surface area contributed by atoms with Gasteiger partial charge in [-0.25, -0.2) is 4.79 Å². The molecule has 0 bridgehead atoms. The smallest absolute Gasteiger partial charge is 0.315 e. The van der Waals surface area contributed by atoms with Crippen molar-refractivity contribution in [3.63, 3.8) is 0 Å². The minimum absolute atomic E-state index is 0.0505. The lowest BCUT2D eigenvalue weighted by molar-refractivity contribution is 0.229. The molecule has 2 aromatic carbocycles. The minimum atomic E-state index is -0.171. The highest BCUT2D eigenvalue weighted by Crippen LogP contribution is 2.14. The highest BCUT2D eigenvalue weighted by Gasteiger charge is 2.15. The number of likely N-dealkylation sites (N-methyl/N-ethyl adjacent to an activating group) is 1. The number of nitrogens with one attached hydrogen (secondary N) is 2. The average Bonchev–Trinajstić information content (AvgIpc) is 2.60. The van der Waals surface area contributed by atoms with Gasteiger partial charge in [0.25, 0.3) is 0 Å². The molecule has 3 N–H and O–H groups in total. The van der Waals surface area contributed by atoms with Crippen LogP contribution in [0.15, 0.2) is 48.5 Å². The van der Waals surface area contributed by atoms with Gasteiger partial charge in [-0.3, -0.25) is 0 Å². The second-order valence-electron chi connectivity index (χ2n) is 6.97. The molecule has 0 heterocycles. The maximum absolute atomic E-state index is 12.2. The number of benzene rings is 2. The van der Waals surface area contributed by atoms with Crippen molar-refractivity contribution in [3.05, 3.63) is 65.2 Å². The van der Waals surface area contributed by atoms with Crippen molar-refractivity contribution in [2.45, 2.75) is 32.4 Å². The maximum Gasteiger partial charge on any atom is 0.315 e. The number of carbonyl (C=O) groups excluding carboxylic acids is 1. The summed E-state index contributed by atoms with van der Waals surface area (Å²) in [5.74, 6) is 0.262. The topological polar surface area (TPSA) is 64.6 Å². The molecule has 0 aromatic heterocycles. The lowest BCUT2D eigenvalue weighted by Gasteiger charge is -2.25. The van der Waals surface area contributed by atoms with E-state index >= 15 is 0 Å². The number of nitrogens with zero attached hydrogens (tertiary/aromatic N) is 1. The molecule has 2 amide bonds. The number of phenolic OH excluding ortho intramolecular Hbond substituents is 1. The van der Waals surface area contributed by atoms with Crippen LogP contribution in [0.2, 0.25) is 0 Å². The maximum atomic E-state index is 12.2. The molecule has 2 aromatic rings. The van der Waals surface area contributed by atoms with E-state index in [1.807, 2.05) is 64.3 Å². The van der Waals surface area contributed by atoms with Gasteiger partial charge in [0.05, 0.1) is 6.04 Å². The summed E-state index contributed by atoms with van der Waals surface area (Å²) in [6.45, 7) is 4.56. The molecule has 0 radical (unpaired) electrons. The standard InChI is InChI=1S/C21H29N3O2/c1-15-5-9-18(10-6-15)16(2)23-21(26)22-14-19(24(3)4)13-17-7-11-20(25)12-8-17/h5-12,16,19,25H,13-14H2,1-4H3,(H2,22,23,26)/t16-,19-/m0/s1. The first-order chi connectivity index (χ1) is 12.3. The molecule has 0 spiro atoms. The second-order valence-corrected chi connectivity index (χ2v) is 6.97. The van der Waals surface area contributed by atoms with Crippen LogP contribution in [0.5, 0.6) is 5.75 Å². The van der Waals surface area contributed by atoms with Gasteiger partial charge in [-0.2, -0.15) is 0 Å². The van der Waals surface area contributed by atoms with Crippen molar-refractivity contribution in [2.75, 3.05) is 20.6 Å². The zero-order chi connectivity index (χ0) is 19.1. The van der Waals surface area contributed by atoms with Crippen LogP contribution in [0.25, 0.3) is 0 Å². The molecule has 0 aliphatic carbocycles. The van der Waals surface area contributed by atoms with Crippen LogP contribution in [0.1, 0.15) is 29.7 Å². The first kappa shape index (κ1) is 19.8. The van der Waals surface area contributed by atoms with Gasteiger partial charge in [-0.1, -0.05) is 42.0 Å². The molecule has 0 aliphatic heterocycles.